The second-order valence-corrected chi connectivity index (χ2v) is 12.2. The minimum absolute atomic E-state index is 0.0176. The van der Waals surface area contributed by atoms with E-state index >= 15 is 0 Å². The fourth-order valence-electron chi connectivity index (χ4n) is 3.81. The molecule has 1 atom stereocenters. The van der Waals surface area contributed by atoms with Crippen LogP contribution in [-0.2, 0) is 4.79 Å². The van der Waals surface area contributed by atoms with Gasteiger partial charge in [-0.15, -0.1) is 10.2 Å². The highest BCUT2D eigenvalue weighted by molar-refractivity contribution is 6.75. The maximum atomic E-state index is 11.9. The minimum Gasteiger partial charge on any atom is -0.497 e. The molecule has 3 N–H and O–H groups in total. The minimum atomic E-state index is -2.29. The molecule has 2 heterocycles. The molecule has 0 bridgehead atoms. The predicted molar refractivity (Wildman–Crippen MR) is 130 cm³/mol. The smallest absolute Gasteiger partial charge is 0.220 e. The summed E-state index contributed by atoms with van der Waals surface area (Å²) in [7, 11) is -0.668. The van der Waals surface area contributed by atoms with Gasteiger partial charge in [0.05, 0.1) is 24.9 Å². The van der Waals surface area contributed by atoms with Gasteiger partial charge in [-0.1, -0.05) is 36.0 Å². The predicted octanol–water partition coefficient (Wildman–Crippen LogP) is 3.10. The number of nitrogens with two attached hydrogens (primary N) is 1. The van der Waals surface area contributed by atoms with Crippen LogP contribution < -0.4 is 10.5 Å². The van der Waals surface area contributed by atoms with Crippen molar-refractivity contribution in [3.8, 4) is 11.4 Å². The molecule has 9 heteroatoms. The van der Waals surface area contributed by atoms with Crippen LogP contribution in [0.5, 0.6) is 5.75 Å². The first-order valence-corrected chi connectivity index (χ1v) is 13.7. The van der Waals surface area contributed by atoms with Crippen molar-refractivity contribution in [2.75, 3.05) is 7.11 Å². The van der Waals surface area contributed by atoms with Gasteiger partial charge in [0.25, 0.3) is 0 Å². The topological polar surface area (TPSA) is 116 Å². The third-order valence-corrected chi connectivity index (χ3v) is 6.38. The lowest BCUT2D eigenvalue weighted by Gasteiger charge is -2.14. The van der Waals surface area contributed by atoms with E-state index in [9.17, 15) is 9.59 Å². The summed E-state index contributed by atoms with van der Waals surface area (Å²) >= 11 is 0. The second-order valence-electron chi connectivity index (χ2n) is 8.60. The Labute approximate surface area is 193 Å². The van der Waals surface area contributed by atoms with E-state index in [4.69, 9.17) is 15.5 Å². The van der Waals surface area contributed by atoms with Crippen molar-refractivity contribution in [2.24, 2.45) is 10.7 Å². The third kappa shape index (κ3) is 4.79. The van der Waals surface area contributed by atoms with E-state index < -0.39 is 20.3 Å². The van der Waals surface area contributed by atoms with Gasteiger partial charge in [0.1, 0.15) is 17.6 Å². The van der Waals surface area contributed by atoms with Crippen LogP contribution in [0.1, 0.15) is 40.8 Å². The highest BCUT2D eigenvalue weighted by Crippen LogP contribution is 2.34. The monoisotopic (exact) mass is 461 g/mol. The first-order chi connectivity index (χ1) is 15.7. The largest absolute Gasteiger partial charge is 0.497 e. The van der Waals surface area contributed by atoms with Crippen LogP contribution in [0.4, 0.5) is 0 Å². The quantitative estimate of drug-likeness (QED) is 0.547. The number of primary amides is 1. The Morgan fingerprint density at radius 3 is 2.58 bits per heavy atom. The molecule has 170 valence electrons. The number of aromatic nitrogens is 3. The van der Waals surface area contributed by atoms with Gasteiger partial charge in [-0.3, -0.25) is 14.4 Å². The number of carbonyl (C=O) groups is 1. The summed E-state index contributed by atoms with van der Waals surface area (Å²) in [5.74, 6) is 1.49. The maximum Gasteiger partial charge on any atom is 0.220 e. The number of rotatable bonds is 6. The molecule has 4 rings (SSSR count). The molecule has 33 heavy (non-hydrogen) atoms. The number of hydrogen-bond donors (Lipinski definition) is 2. The first kappa shape index (κ1) is 22.6. The Hall–Kier alpha value is -3.56. The summed E-state index contributed by atoms with van der Waals surface area (Å²) in [6.07, 6.45) is 1.95. The second kappa shape index (κ2) is 8.76. The van der Waals surface area contributed by atoms with Gasteiger partial charge in [0.15, 0.2) is 5.82 Å². The van der Waals surface area contributed by atoms with Crippen LogP contribution in [0.3, 0.4) is 0 Å². The van der Waals surface area contributed by atoms with Gasteiger partial charge in [-0.2, -0.15) is 0 Å². The van der Waals surface area contributed by atoms with E-state index in [1.165, 1.54) is 0 Å². The maximum absolute atomic E-state index is 11.9. The number of aryl methyl sites for hydroxylation is 1. The van der Waals surface area contributed by atoms with Crippen LogP contribution in [0.2, 0.25) is 13.1 Å². The molecule has 1 unspecified atom stereocenters. The molecule has 8 nitrogen and oxygen atoms in total. The van der Waals surface area contributed by atoms with E-state index in [-0.39, 0.29) is 6.42 Å². The lowest BCUT2D eigenvalue weighted by atomic mass is 9.99. The highest BCUT2D eigenvalue weighted by atomic mass is 28.4. The molecule has 2 aromatic carbocycles. The molecular weight excluding hydrogens is 434 g/mol. The van der Waals surface area contributed by atoms with Gasteiger partial charge in [-0.05, 0) is 43.8 Å². The summed E-state index contributed by atoms with van der Waals surface area (Å²) in [6, 6.07) is 13.1. The van der Waals surface area contributed by atoms with E-state index in [1.807, 2.05) is 78.8 Å². The van der Waals surface area contributed by atoms with Crippen LogP contribution in [0.25, 0.3) is 11.8 Å². The first-order valence-electron chi connectivity index (χ1n) is 10.6. The van der Waals surface area contributed by atoms with Crippen molar-refractivity contribution in [3.63, 3.8) is 0 Å². The Balaban J connectivity index is 1.88. The Bertz CT molecular complexity index is 1260. The van der Waals surface area contributed by atoms with Crippen LogP contribution in [0.15, 0.2) is 53.2 Å². The summed E-state index contributed by atoms with van der Waals surface area (Å²) in [5, 5.41) is 8.54. The van der Waals surface area contributed by atoms with Gasteiger partial charge in [0, 0.05) is 11.1 Å². The van der Waals surface area contributed by atoms with Gasteiger partial charge >= 0.3 is 0 Å². The molecule has 0 saturated heterocycles. The van der Waals surface area contributed by atoms with Crippen LogP contribution in [0, 0.1) is 6.92 Å². The fourth-order valence-corrected chi connectivity index (χ4v) is 4.41. The van der Waals surface area contributed by atoms with Crippen molar-refractivity contribution < 1.29 is 14.3 Å². The number of benzene rings is 2. The number of nitrogens with zero attached hydrogens (tertiary/aromatic N) is 4. The zero-order chi connectivity index (χ0) is 23.8. The SMILES string of the molecule is COc1ccc2c(c1)C(c1ccc(C=C[Si](C)(C)O)cc1)=NC(CC(N)=O)c1nnc(C)n1-2. The number of hydrogen-bond acceptors (Lipinski definition) is 6. The highest BCUT2D eigenvalue weighted by Gasteiger charge is 2.29. The molecule has 1 aliphatic rings. The summed E-state index contributed by atoms with van der Waals surface area (Å²) < 4.78 is 7.40. The molecule has 0 saturated carbocycles. The van der Waals surface area contributed by atoms with E-state index in [0.717, 1.165) is 22.4 Å². The lowest BCUT2D eigenvalue weighted by molar-refractivity contribution is -0.118. The molecule has 3 aromatic rings. The summed E-state index contributed by atoms with van der Waals surface area (Å²) in [4.78, 5) is 26.9. The van der Waals surface area contributed by atoms with Crippen LogP contribution in [-0.4, -0.2) is 46.6 Å². The van der Waals surface area contributed by atoms with E-state index in [1.54, 1.807) is 7.11 Å². The van der Waals surface area contributed by atoms with Crippen molar-refractivity contribution in [1.82, 2.24) is 14.8 Å². The zero-order valence-electron chi connectivity index (χ0n) is 19.1. The fraction of sp³-hybridized carbons (Fsp3) is 0.250. The molecule has 1 aliphatic heterocycles. The molecular formula is C24H27N5O3Si. The number of methoxy groups -OCH3 is 1. The van der Waals surface area contributed by atoms with Crippen molar-refractivity contribution >= 4 is 26.0 Å². The standard InChI is InChI=1S/C24H27N5O3Si/c1-15-27-28-24-20(14-22(25)30)26-23(19-13-18(32-2)9-10-21(19)29(15)24)17-7-5-16(6-8-17)11-12-33(3,4)31/h5-13,20,31H,14H2,1-4H3,(H2,25,30). The lowest BCUT2D eigenvalue weighted by Crippen LogP contribution is -2.21. The van der Waals surface area contributed by atoms with Gasteiger partial charge in [-0.25, -0.2) is 0 Å². The third-order valence-electron chi connectivity index (χ3n) is 5.39. The molecule has 0 spiro atoms. The van der Waals surface area contributed by atoms with E-state index in [2.05, 4.69) is 10.2 Å². The van der Waals surface area contributed by atoms with Crippen LogP contribution >= 0.6 is 0 Å². The average Bonchev–Trinajstić information content (AvgIpc) is 3.09. The average molecular weight is 462 g/mol. The van der Waals surface area contributed by atoms with Crippen molar-refractivity contribution in [1.29, 1.82) is 0 Å². The number of fused-ring (bicyclic) bond motifs is 3. The van der Waals surface area contributed by atoms with Crippen molar-refractivity contribution in [2.45, 2.75) is 32.5 Å². The summed E-state index contributed by atoms with van der Waals surface area (Å²) in [6.45, 7) is 5.59. The van der Waals surface area contributed by atoms with Crippen molar-refractivity contribution in [3.05, 3.63) is 76.5 Å². The van der Waals surface area contributed by atoms with E-state index in [0.29, 0.717) is 23.1 Å². The zero-order valence-corrected chi connectivity index (χ0v) is 20.1. The Morgan fingerprint density at radius 2 is 1.94 bits per heavy atom. The van der Waals surface area contributed by atoms with Gasteiger partial charge in [0.2, 0.25) is 14.2 Å². The normalized spacial score (nSPS) is 15.5. The molecule has 0 radical (unpaired) electrons. The Kier molecular flexibility index (Phi) is 6.01. The number of amides is 1. The summed E-state index contributed by atoms with van der Waals surface area (Å²) in [5.41, 5.74) is 11.7. The molecule has 0 fully saturated rings. The number of ether oxygens (including phenoxy) is 1. The molecule has 0 aliphatic carbocycles. The number of aliphatic imine (C=N–C) groups is 1. The Morgan fingerprint density at radius 1 is 1.21 bits per heavy atom. The molecule has 1 amide bonds. The number of carbonyl (C=O) groups excluding carboxylic acids is 1. The van der Waals surface area contributed by atoms with Gasteiger partial charge < -0.3 is 15.3 Å². The molecule has 1 aromatic heterocycles.